The maximum Gasteiger partial charge on any atom is 0.300 e. The van der Waals surface area contributed by atoms with E-state index in [0.717, 1.165) is 5.56 Å². The zero-order chi connectivity index (χ0) is 22.1. The van der Waals surface area contributed by atoms with Gasteiger partial charge in [0.05, 0.1) is 23.4 Å². The summed E-state index contributed by atoms with van der Waals surface area (Å²) in [5.41, 5.74) is 2.21. The summed E-state index contributed by atoms with van der Waals surface area (Å²) in [6.45, 7) is 1.90. The van der Waals surface area contributed by atoms with Crippen molar-refractivity contribution in [2.45, 2.75) is 13.0 Å². The van der Waals surface area contributed by atoms with Crippen LogP contribution in [0, 0.1) is 6.92 Å². The van der Waals surface area contributed by atoms with Crippen LogP contribution in [0.3, 0.4) is 0 Å². The molecule has 1 aliphatic heterocycles. The highest BCUT2D eigenvalue weighted by Crippen LogP contribution is 2.42. The molecule has 4 rings (SSSR count). The van der Waals surface area contributed by atoms with Crippen molar-refractivity contribution in [2.75, 3.05) is 12.0 Å². The van der Waals surface area contributed by atoms with E-state index in [1.165, 1.54) is 18.1 Å². The van der Waals surface area contributed by atoms with Gasteiger partial charge in [-0.15, -0.1) is 0 Å². The number of carbonyl (C=O) groups excluding carboxylic acids is 2. The quantitative estimate of drug-likeness (QED) is 0.366. The summed E-state index contributed by atoms with van der Waals surface area (Å²) in [6.07, 6.45) is 1.58. The Morgan fingerprint density at radius 3 is 2.58 bits per heavy atom. The number of methoxy groups -OCH3 is 1. The Kier molecular flexibility index (Phi) is 5.48. The molecule has 1 amide bonds. The SMILES string of the molecule is COc1cc(/C(O)=C2/C(=O)C(=O)N(c3cccc(C)c3)C2c2ccccn2)ccc1Cl. The predicted molar refractivity (Wildman–Crippen MR) is 118 cm³/mol. The number of aliphatic hydroxyl groups excluding tert-OH is 1. The molecule has 156 valence electrons. The molecule has 0 bridgehead atoms. The standard InChI is InChI=1S/C24H19ClN2O4/c1-14-6-5-7-16(12-14)27-21(18-8-3-4-11-26-18)20(23(29)24(27)30)22(28)15-9-10-17(25)19(13-15)31-2/h3-13,21,28H,1-2H3/b22-20-. The zero-order valence-electron chi connectivity index (χ0n) is 16.9. The molecule has 2 aromatic carbocycles. The van der Waals surface area contributed by atoms with Gasteiger partial charge in [-0.25, -0.2) is 0 Å². The molecule has 2 heterocycles. The van der Waals surface area contributed by atoms with Crippen LogP contribution in [0.4, 0.5) is 5.69 Å². The third-order valence-corrected chi connectivity index (χ3v) is 5.43. The second-order valence-electron chi connectivity index (χ2n) is 7.11. The molecule has 1 aliphatic rings. The summed E-state index contributed by atoms with van der Waals surface area (Å²) >= 11 is 6.09. The number of anilines is 1. The lowest BCUT2D eigenvalue weighted by atomic mass is 9.98. The van der Waals surface area contributed by atoms with Gasteiger partial charge in [0.25, 0.3) is 11.7 Å². The van der Waals surface area contributed by atoms with Crippen LogP contribution in [0.15, 0.2) is 72.4 Å². The molecule has 6 nitrogen and oxygen atoms in total. The van der Waals surface area contributed by atoms with Gasteiger partial charge >= 0.3 is 0 Å². The largest absolute Gasteiger partial charge is 0.507 e. The molecule has 1 aromatic heterocycles. The molecule has 0 radical (unpaired) electrons. The molecule has 0 aliphatic carbocycles. The average molecular weight is 435 g/mol. The van der Waals surface area contributed by atoms with E-state index >= 15 is 0 Å². The summed E-state index contributed by atoms with van der Waals surface area (Å²) in [7, 11) is 1.45. The van der Waals surface area contributed by atoms with Crippen LogP contribution in [-0.2, 0) is 9.59 Å². The number of hydrogen-bond donors (Lipinski definition) is 1. The molecule has 1 saturated heterocycles. The molecule has 3 aromatic rings. The fourth-order valence-electron chi connectivity index (χ4n) is 3.66. The van der Waals surface area contributed by atoms with Crippen LogP contribution in [-0.4, -0.2) is 28.9 Å². The van der Waals surface area contributed by atoms with Crippen molar-refractivity contribution in [3.05, 3.63) is 94.3 Å². The lowest BCUT2D eigenvalue weighted by Gasteiger charge is -2.24. The number of amides is 1. The van der Waals surface area contributed by atoms with Crippen molar-refractivity contribution >= 4 is 34.7 Å². The molecular weight excluding hydrogens is 416 g/mol. The third-order valence-electron chi connectivity index (χ3n) is 5.12. The zero-order valence-corrected chi connectivity index (χ0v) is 17.6. The molecule has 7 heteroatoms. The summed E-state index contributed by atoms with van der Waals surface area (Å²) in [6, 6.07) is 16.3. The molecule has 0 spiro atoms. The van der Waals surface area contributed by atoms with E-state index in [9.17, 15) is 14.7 Å². The lowest BCUT2D eigenvalue weighted by molar-refractivity contribution is -0.132. The number of rotatable bonds is 4. The van der Waals surface area contributed by atoms with Crippen LogP contribution in [0.25, 0.3) is 5.76 Å². The summed E-state index contributed by atoms with van der Waals surface area (Å²) in [5, 5.41) is 11.5. The van der Waals surface area contributed by atoms with Gasteiger partial charge in [0.1, 0.15) is 17.6 Å². The summed E-state index contributed by atoms with van der Waals surface area (Å²) in [4.78, 5) is 31.9. The maximum atomic E-state index is 13.1. The molecule has 31 heavy (non-hydrogen) atoms. The van der Waals surface area contributed by atoms with Crippen molar-refractivity contribution in [3.63, 3.8) is 0 Å². The van der Waals surface area contributed by atoms with Gasteiger partial charge in [0, 0.05) is 17.4 Å². The Hall–Kier alpha value is -3.64. The fourth-order valence-corrected chi connectivity index (χ4v) is 3.85. The van der Waals surface area contributed by atoms with Gasteiger partial charge in [0.15, 0.2) is 0 Å². The summed E-state index contributed by atoms with van der Waals surface area (Å²) in [5.74, 6) is -1.50. The van der Waals surface area contributed by atoms with Crippen molar-refractivity contribution < 1.29 is 19.4 Å². The number of benzene rings is 2. The Morgan fingerprint density at radius 2 is 1.90 bits per heavy atom. The van der Waals surface area contributed by atoms with Gasteiger partial charge in [-0.1, -0.05) is 29.8 Å². The number of ether oxygens (including phenoxy) is 1. The number of ketones is 1. The van der Waals surface area contributed by atoms with E-state index in [2.05, 4.69) is 4.98 Å². The number of aryl methyl sites for hydroxylation is 1. The Morgan fingerprint density at radius 1 is 1.10 bits per heavy atom. The highest BCUT2D eigenvalue weighted by Gasteiger charge is 2.47. The number of halogens is 1. The van der Waals surface area contributed by atoms with Crippen molar-refractivity contribution in [1.82, 2.24) is 4.98 Å². The first kappa shape index (κ1) is 20.6. The first-order valence-corrected chi connectivity index (χ1v) is 9.92. The van der Waals surface area contributed by atoms with Gasteiger partial charge < -0.3 is 9.84 Å². The van der Waals surface area contributed by atoms with Crippen LogP contribution in [0.2, 0.25) is 5.02 Å². The minimum Gasteiger partial charge on any atom is -0.507 e. The van der Waals surface area contributed by atoms with E-state index in [4.69, 9.17) is 16.3 Å². The van der Waals surface area contributed by atoms with Gasteiger partial charge in [-0.05, 0) is 55.0 Å². The highest BCUT2D eigenvalue weighted by atomic mass is 35.5. The number of aliphatic hydroxyl groups is 1. The first-order valence-electron chi connectivity index (χ1n) is 9.55. The normalized spacial score (nSPS) is 17.8. The van der Waals surface area contributed by atoms with Gasteiger partial charge in [-0.2, -0.15) is 0 Å². The van der Waals surface area contributed by atoms with Gasteiger partial charge in [0.2, 0.25) is 0 Å². The number of hydrogen-bond acceptors (Lipinski definition) is 5. The fraction of sp³-hybridized carbons (Fsp3) is 0.125. The third kappa shape index (κ3) is 3.66. The molecule has 1 unspecified atom stereocenters. The second-order valence-corrected chi connectivity index (χ2v) is 7.52. The van der Waals surface area contributed by atoms with E-state index in [1.54, 1.807) is 42.6 Å². The van der Waals surface area contributed by atoms with Crippen LogP contribution in [0.1, 0.15) is 22.9 Å². The minimum atomic E-state index is -0.885. The highest BCUT2D eigenvalue weighted by molar-refractivity contribution is 6.51. The molecule has 1 fully saturated rings. The van der Waals surface area contributed by atoms with E-state index < -0.39 is 17.7 Å². The van der Waals surface area contributed by atoms with Crippen LogP contribution < -0.4 is 9.64 Å². The van der Waals surface area contributed by atoms with Crippen LogP contribution >= 0.6 is 11.6 Å². The number of Topliss-reactive ketones (excluding diaryl/α,β-unsaturated/α-hetero) is 1. The van der Waals surface area contributed by atoms with Crippen LogP contribution in [0.5, 0.6) is 5.75 Å². The molecular formula is C24H19ClN2O4. The van der Waals surface area contributed by atoms with Crippen molar-refractivity contribution in [2.24, 2.45) is 0 Å². The predicted octanol–water partition coefficient (Wildman–Crippen LogP) is 4.68. The number of pyridine rings is 1. The van der Waals surface area contributed by atoms with Crippen molar-refractivity contribution in [1.29, 1.82) is 0 Å². The second kappa shape index (κ2) is 8.24. The lowest BCUT2D eigenvalue weighted by Crippen LogP contribution is -2.29. The average Bonchev–Trinajstić information content (AvgIpc) is 3.05. The van der Waals surface area contributed by atoms with E-state index in [0.29, 0.717) is 27.7 Å². The van der Waals surface area contributed by atoms with Gasteiger partial charge in [-0.3, -0.25) is 19.5 Å². The van der Waals surface area contributed by atoms with E-state index in [1.807, 2.05) is 25.1 Å². The molecule has 0 saturated carbocycles. The smallest absolute Gasteiger partial charge is 0.300 e. The number of carbonyl (C=O) groups is 2. The minimum absolute atomic E-state index is 0.0467. The molecule has 1 atom stereocenters. The molecule has 1 N–H and O–H groups in total. The first-order chi connectivity index (χ1) is 14.9. The number of nitrogens with zero attached hydrogens (tertiary/aromatic N) is 2. The summed E-state index contributed by atoms with van der Waals surface area (Å²) < 4.78 is 5.22. The Balaban J connectivity index is 1.95. The monoisotopic (exact) mass is 434 g/mol. The maximum absolute atomic E-state index is 13.1. The number of aromatic nitrogens is 1. The topological polar surface area (TPSA) is 79.7 Å². The van der Waals surface area contributed by atoms with E-state index in [-0.39, 0.29) is 11.3 Å². The van der Waals surface area contributed by atoms with Crippen molar-refractivity contribution in [3.8, 4) is 5.75 Å². The Bertz CT molecular complexity index is 1210. The Labute approximate surface area is 184 Å².